The summed E-state index contributed by atoms with van der Waals surface area (Å²) in [6.07, 6.45) is 16.8. The van der Waals surface area contributed by atoms with Crippen LogP contribution in [0.1, 0.15) is 105 Å². The molecule has 0 spiro atoms. The molecule has 0 bridgehead atoms. The van der Waals surface area contributed by atoms with Crippen LogP contribution in [0.2, 0.25) is 0 Å². The van der Waals surface area contributed by atoms with Gasteiger partial charge in [0.15, 0.2) is 0 Å². The third-order valence-electron chi connectivity index (χ3n) is 11.1. The monoisotopic (exact) mass is 388 g/mol. The van der Waals surface area contributed by atoms with Gasteiger partial charge < -0.3 is 4.74 Å². The molecule has 28 heavy (non-hydrogen) atoms. The van der Waals surface area contributed by atoms with Crippen molar-refractivity contribution in [2.24, 2.45) is 52.3 Å². The summed E-state index contributed by atoms with van der Waals surface area (Å²) in [5.74, 6) is 6.95. The smallest absolute Gasteiger partial charge is 0.0543 e. The quantitative estimate of drug-likeness (QED) is 0.468. The summed E-state index contributed by atoms with van der Waals surface area (Å²) >= 11 is 0. The van der Waals surface area contributed by atoms with Crippen LogP contribution in [0.15, 0.2) is 0 Å². The molecule has 0 saturated heterocycles. The van der Waals surface area contributed by atoms with Crippen LogP contribution in [-0.4, -0.2) is 13.2 Å². The molecule has 0 radical (unpaired) electrons. The Bertz CT molecular complexity index is 542. The van der Waals surface area contributed by atoms with Crippen LogP contribution in [0.25, 0.3) is 0 Å². The molecule has 0 heterocycles. The molecule has 10 atom stereocenters. The average molecular weight is 389 g/mol. The minimum atomic E-state index is 0.423. The highest BCUT2D eigenvalue weighted by Gasteiger charge is 2.60. The first-order chi connectivity index (χ1) is 13.3. The summed E-state index contributed by atoms with van der Waals surface area (Å²) in [6.45, 7) is 12.8. The van der Waals surface area contributed by atoms with Crippen molar-refractivity contribution in [3.8, 4) is 0 Å². The highest BCUT2D eigenvalue weighted by molar-refractivity contribution is 5.09. The minimum absolute atomic E-state index is 0.423. The van der Waals surface area contributed by atoms with Gasteiger partial charge in [0.1, 0.15) is 0 Å². The predicted molar refractivity (Wildman–Crippen MR) is 119 cm³/mol. The fourth-order valence-corrected chi connectivity index (χ4v) is 9.26. The van der Waals surface area contributed by atoms with E-state index < -0.39 is 0 Å². The molecule has 4 fully saturated rings. The molecule has 0 aromatic heterocycles. The number of rotatable bonds is 5. The van der Waals surface area contributed by atoms with E-state index in [9.17, 15) is 0 Å². The van der Waals surface area contributed by atoms with Crippen molar-refractivity contribution >= 4 is 0 Å². The van der Waals surface area contributed by atoms with Gasteiger partial charge in [-0.2, -0.15) is 0 Å². The zero-order chi connectivity index (χ0) is 20.1. The van der Waals surface area contributed by atoms with E-state index in [0.29, 0.717) is 16.9 Å². The summed E-state index contributed by atoms with van der Waals surface area (Å²) in [6, 6.07) is 0. The van der Waals surface area contributed by atoms with Gasteiger partial charge in [0, 0.05) is 7.11 Å². The van der Waals surface area contributed by atoms with Crippen molar-refractivity contribution in [1.29, 1.82) is 0 Å². The van der Waals surface area contributed by atoms with Crippen LogP contribution in [0.4, 0.5) is 0 Å². The molecule has 1 heteroatoms. The number of methoxy groups -OCH3 is 1. The van der Waals surface area contributed by atoms with Crippen LogP contribution in [0, 0.1) is 52.3 Å². The predicted octanol–water partition coefficient (Wildman–Crippen LogP) is 7.73. The highest BCUT2D eigenvalue weighted by Crippen LogP contribution is 2.68. The van der Waals surface area contributed by atoms with Crippen LogP contribution in [0.3, 0.4) is 0 Å². The van der Waals surface area contributed by atoms with Crippen LogP contribution in [-0.2, 0) is 4.74 Å². The summed E-state index contributed by atoms with van der Waals surface area (Å²) < 4.78 is 5.53. The maximum Gasteiger partial charge on any atom is 0.0543 e. The lowest BCUT2D eigenvalue weighted by Gasteiger charge is -2.61. The molecule has 0 aromatic rings. The topological polar surface area (TPSA) is 9.23 Å². The standard InChI is InChI=1S/C27H48O/c1-18-13-15-26(4)21(17-18)9-10-22-24-12-11-23(19(2)7-8-20(3)28-6)27(24,5)16-14-25(22)26/h18-25H,7-17H2,1-6H3/t18?,19-,20?,21?,22?,23+,24?,25?,26-,27+/m0/s1. The Morgan fingerprint density at radius 1 is 0.857 bits per heavy atom. The van der Waals surface area contributed by atoms with Gasteiger partial charge in [-0.1, -0.05) is 34.1 Å². The van der Waals surface area contributed by atoms with E-state index in [2.05, 4.69) is 34.6 Å². The van der Waals surface area contributed by atoms with Crippen molar-refractivity contribution in [2.75, 3.05) is 7.11 Å². The average Bonchev–Trinajstić information content (AvgIpc) is 3.03. The van der Waals surface area contributed by atoms with Gasteiger partial charge in [0.2, 0.25) is 0 Å². The van der Waals surface area contributed by atoms with E-state index in [4.69, 9.17) is 4.74 Å². The fraction of sp³-hybridized carbons (Fsp3) is 1.00. The lowest BCUT2D eigenvalue weighted by Crippen LogP contribution is -2.53. The zero-order valence-corrected chi connectivity index (χ0v) is 19.8. The van der Waals surface area contributed by atoms with Crippen LogP contribution >= 0.6 is 0 Å². The van der Waals surface area contributed by atoms with Gasteiger partial charge in [0.05, 0.1) is 6.10 Å². The van der Waals surface area contributed by atoms with E-state index in [-0.39, 0.29) is 0 Å². The molecule has 0 amide bonds. The molecule has 0 N–H and O–H groups in total. The van der Waals surface area contributed by atoms with Crippen molar-refractivity contribution < 1.29 is 4.74 Å². The molecular weight excluding hydrogens is 340 g/mol. The molecular formula is C27H48O. The normalized spacial score (nSPS) is 50.4. The Balaban J connectivity index is 1.47. The Morgan fingerprint density at radius 2 is 1.57 bits per heavy atom. The maximum atomic E-state index is 5.53. The van der Waals surface area contributed by atoms with E-state index in [1.807, 2.05) is 7.11 Å². The summed E-state index contributed by atoms with van der Waals surface area (Å²) in [5.41, 5.74) is 1.30. The lowest BCUT2D eigenvalue weighted by molar-refractivity contribution is -0.120. The van der Waals surface area contributed by atoms with E-state index in [1.54, 1.807) is 12.8 Å². The van der Waals surface area contributed by atoms with Gasteiger partial charge in [-0.3, -0.25) is 0 Å². The molecule has 1 nitrogen and oxygen atoms in total. The van der Waals surface area contributed by atoms with Crippen LogP contribution in [0.5, 0.6) is 0 Å². The Morgan fingerprint density at radius 3 is 2.32 bits per heavy atom. The van der Waals surface area contributed by atoms with Crippen molar-refractivity contribution in [3.05, 3.63) is 0 Å². The highest BCUT2D eigenvalue weighted by atomic mass is 16.5. The molecule has 4 aliphatic carbocycles. The summed E-state index contributed by atoms with van der Waals surface area (Å²) in [7, 11) is 1.87. The largest absolute Gasteiger partial charge is 0.382 e. The van der Waals surface area contributed by atoms with Crippen molar-refractivity contribution in [2.45, 2.75) is 111 Å². The Hall–Kier alpha value is -0.0400. The molecule has 0 aromatic carbocycles. The SMILES string of the molecule is COC(C)CC[C@H](C)[C@H]1CCC2C3CCC4CC(C)CC[C@]4(C)C3CC[C@@]21C. The summed E-state index contributed by atoms with van der Waals surface area (Å²) in [4.78, 5) is 0. The molecule has 162 valence electrons. The second kappa shape index (κ2) is 7.90. The second-order valence-corrected chi connectivity index (χ2v) is 12.4. The molecule has 4 rings (SSSR count). The van der Waals surface area contributed by atoms with Crippen LogP contribution < -0.4 is 0 Å². The molecule has 4 saturated carbocycles. The first-order valence-corrected chi connectivity index (χ1v) is 12.8. The zero-order valence-electron chi connectivity index (χ0n) is 19.8. The number of hydrogen-bond donors (Lipinski definition) is 0. The Labute approximate surface area is 175 Å². The van der Waals surface area contributed by atoms with Crippen molar-refractivity contribution in [3.63, 3.8) is 0 Å². The van der Waals surface area contributed by atoms with Crippen molar-refractivity contribution in [1.82, 2.24) is 0 Å². The molecule has 6 unspecified atom stereocenters. The van der Waals surface area contributed by atoms with Gasteiger partial charge >= 0.3 is 0 Å². The Kier molecular flexibility index (Phi) is 5.98. The number of ether oxygens (including phenoxy) is 1. The van der Waals surface area contributed by atoms with Gasteiger partial charge in [-0.25, -0.2) is 0 Å². The van der Waals surface area contributed by atoms with Gasteiger partial charge in [-0.05, 0) is 123 Å². The fourth-order valence-electron chi connectivity index (χ4n) is 9.26. The van der Waals surface area contributed by atoms with E-state index >= 15 is 0 Å². The summed E-state index contributed by atoms with van der Waals surface area (Å²) in [5, 5.41) is 0. The third kappa shape index (κ3) is 3.40. The first kappa shape index (κ1) is 21.2. The van der Waals surface area contributed by atoms with Gasteiger partial charge in [-0.15, -0.1) is 0 Å². The first-order valence-electron chi connectivity index (χ1n) is 12.8. The molecule has 0 aliphatic heterocycles. The second-order valence-electron chi connectivity index (χ2n) is 12.4. The molecule has 4 aliphatic rings. The third-order valence-corrected chi connectivity index (χ3v) is 11.1. The number of fused-ring (bicyclic) bond motifs is 5. The van der Waals surface area contributed by atoms with E-state index in [0.717, 1.165) is 41.4 Å². The van der Waals surface area contributed by atoms with Gasteiger partial charge in [0.25, 0.3) is 0 Å². The number of hydrogen-bond acceptors (Lipinski definition) is 1. The minimum Gasteiger partial charge on any atom is -0.382 e. The lowest BCUT2D eigenvalue weighted by atomic mass is 9.44. The maximum absolute atomic E-state index is 5.53. The van der Waals surface area contributed by atoms with E-state index in [1.165, 1.54) is 57.8 Å².